The molecule has 0 aliphatic rings. The van der Waals surface area contributed by atoms with Gasteiger partial charge >= 0.3 is 0 Å². The van der Waals surface area contributed by atoms with E-state index in [0.717, 1.165) is 5.56 Å². The van der Waals surface area contributed by atoms with Gasteiger partial charge in [-0.05, 0) is 24.6 Å². The lowest BCUT2D eigenvalue weighted by Crippen LogP contribution is -1.99. The van der Waals surface area contributed by atoms with Crippen LogP contribution in [0.5, 0.6) is 5.75 Å². The SMILES string of the molecule is Cc1ccc(C(=O)CCC=O)c(O)c1. The predicted octanol–water partition coefficient (Wildman–Crippen LogP) is 1.86. The zero-order chi connectivity index (χ0) is 10.6. The molecule has 1 aromatic carbocycles. The first-order chi connectivity index (χ1) is 6.65. The number of carbonyl (C=O) groups excluding carboxylic acids is 2. The van der Waals surface area contributed by atoms with E-state index >= 15 is 0 Å². The highest BCUT2D eigenvalue weighted by molar-refractivity contribution is 5.99. The molecule has 0 aromatic heterocycles. The molecule has 0 aliphatic carbocycles. The Morgan fingerprint density at radius 1 is 1.50 bits per heavy atom. The number of hydrogen-bond acceptors (Lipinski definition) is 3. The summed E-state index contributed by atoms with van der Waals surface area (Å²) in [6, 6.07) is 4.87. The van der Waals surface area contributed by atoms with Crippen molar-refractivity contribution < 1.29 is 14.7 Å². The Morgan fingerprint density at radius 3 is 2.79 bits per heavy atom. The van der Waals surface area contributed by atoms with Crippen LogP contribution in [0.25, 0.3) is 0 Å². The molecule has 0 atom stereocenters. The van der Waals surface area contributed by atoms with Crippen molar-refractivity contribution in [2.24, 2.45) is 0 Å². The van der Waals surface area contributed by atoms with Gasteiger partial charge in [-0.1, -0.05) is 6.07 Å². The van der Waals surface area contributed by atoms with Crippen LogP contribution in [0.3, 0.4) is 0 Å². The molecule has 3 heteroatoms. The number of phenolic OH excluding ortho intramolecular Hbond substituents is 1. The third kappa shape index (κ3) is 2.42. The van der Waals surface area contributed by atoms with E-state index in [4.69, 9.17) is 0 Å². The van der Waals surface area contributed by atoms with Gasteiger partial charge in [0.05, 0.1) is 5.56 Å². The highest BCUT2D eigenvalue weighted by atomic mass is 16.3. The van der Waals surface area contributed by atoms with Gasteiger partial charge < -0.3 is 9.90 Å². The van der Waals surface area contributed by atoms with E-state index in [1.807, 2.05) is 6.92 Å². The number of Topliss-reactive ketones (excluding diaryl/α,β-unsaturated/α-hetero) is 1. The predicted molar refractivity (Wildman–Crippen MR) is 52.5 cm³/mol. The molecule has 0 amide bonds. The summed E-state index contributed by atoms with van der Waals surface area (Å²) in [7, 11) is 0. The van der Waals surface area contributed by atoms with Crippen molar-refractivity contribution in [3.05, 3.63) is 29.3 Å². The van der Waals surface area contributed by atoms with E-state index in [2.05, 4.69) is 0 Å². The molecule has 0 radical (unpaired) electrons. The van der Waals surface area contributed by atoms with Crippen molar-refractivity contribution >= 4 is 12.1 Å². The molecule has 1 rings (SSSR count). The van der Waals surface area contributed by atoms with Crippen LogP contribution in [0, 0.1) is 6.92 Å². The normalized spacial score (nSPS) is 9.79. The van der Waals surface area contributed by atoms with Gasteiger partial charge in [0, 0.05) is 12.8 Å². The molecule has 0 aliphatic heterocycles. The minimum absolute atomic E-state index is 0.0131. The molecule has 1 N–H and O–H groups in total. The summed E-state index contributed by atoms with van der Waals surface area (Å²) in [5.41, 5.74) is 1.19. The first-order valence-electron chi connectivity index (χ1n) is 4.41. The second kappa shape index (κ2) is 4.56. The standard InChI is InChI=1S/C11H12O3/c1-8-4-5-9(11(14)7-8)10(13)3-2-6-12/h4-7,14H,2-3H2,1H3. The molecule has 3 nitrogen and oxygen atoms in total. The molecule has 1 aromatic rings. The van der Waals surface area contributed by atoms with Crippen LogP contribution in [0.2, 0.25) is 0 Å². The van der Waals surface area contributed by atoms with E-state index in [1.54, 1.807) is 12.1 Å². The highest BCUT2D eigenvalue weighted by Gasteiger charge is 2.09. The monoisotopic (exact) mass is 192 g/mol. The lowest BCUT2D eigenvalue weighted by atomic mass is 10.0. The van der Waals surface area contributed by atoms with Crippen LogP contribution in [0.1, 0.15) is 28.8 Å². The van der Waals surface area contributed by atoms with Gasteiger partial charge in [0.25, 0.3) is 0 Å². The van der Waals surface area contributed by atoms with Crippen molar-refractivity contribution in [2.75, 3.05) is 0 Å². The average Bonchev–Trinajstić information content (AvgIpc) is 2.14. The summed E-state index contributed by atoms with van der Waals surface area (Å²) in [5, 5.41) is 9.45. The number of aldehydes is 1. The highest BCUT2D eigenvalue weighted by Crippen LogP contribution is 2.20. The van der Waals surface area contributed by atoms with E-state index < -0.39 is 0 Å². The van der Waals surface area contributed by atoms with Crippen molar-refractivity contribution in [3.63, 3.8) is 0 Å². The van der Waals surface area contributed by atoms with E-state index in [9.17, 15) is 14.7 Å². The number of carbonyl (C=O) groups is 2. The first kappa shape index (κ1) is 10.4. The fourth-order valence-corrected chi connectivity index (χ4v) is 1.20. The molecule has 0 spiro atoms. The van der Waals surface area contributed by atoms with Crippen molar-refractivity contribution in [1.82, 2.24) is 0 Å². The lowest BCUT2D eigenvalue weighted by molar-refractivity contribution is -0.107. The molecule has 0 saturated heterocycles. The van der Waals surface area contributed by atoms with Gasteiger partial charge in [0.15, 0.2) is 5.78 Å². The maximum atomic E-state index is 11.4. The summed E-state index contributed by atoms with van der Waals surface area (Å²) in [6.07, 6.45) is 1.05. The summed E-state index contributed by atoms with van der Waals surface area (Å²) < 4.78 is 0. The fourth-order valence-electron chi connectivity index (χ4n) is 1.20. The molecule has 0 fully saturated rings. The van der Waals surface area contributed by atoms with Crippen LogP contribution in [0.4, 0.5) is 0 Å². The Balaban J connectivity index is 2.84. The smallest absolute Gasteiger partial charge is 0.167 e. The minimum Gasteiger partial charge on any atom is -0.507 e. The Bertz CT molecular complexity index is 356. The van der Waals surface area contributed by atoms with Crippen LogP contribution >= 0.6 is 0 Å². The maximum Gasteiger partial charge on any atom is 0.167 e. The topological polar surface area (TPSA) is 54.4 Å². The molecular weight excluding hydrogens is 180 g/mol. The Labute approximate surface area is 82.4 Å². The number of aromatic hydroxyl groups is 1. The molecule has 14 heavy (non-hydrogen) atoms. The minimum atomic E-state index is -0.199. The zero-order valence-electron chi connectivity index (χ0n) is 7.99. The van der Waals surface area contributed by atoms with Crippen molar-refractivity contribution in [2.45, 2.75) is 19.8 Å². The van der Waals surface area contributed by atoms with Gasteiger partial charge in [-0.25, -0.2) is 0 Å². The lowest BCUT2D eigenvalue weighted by Gasteiger charge is -2.02. The van der Waals surface area contributed by atoms with E-state index in [0.29, 0.717) is 6.29 Å². The van der Waals surface area contributed by atoms with Crippen molar-refractivity contribution in [1.29, 1.82) is 0 Å². The van der Waals surface area contributed by atoms with Gasteiger partial charge in [-0.15, -0.1) is 0 Å². The fraction of sp³-hybridized carbons (Fsp3) is 0.273. The number of benzene rings is 1. The van der Waals surface area contributed by atoms with Crippen molar-refractivity contribution in [3.8, 4) is 5.75 Å². The molecular formula is C11H12O3. The summed E-state index contributed by atoms with van der Waals surface area (Å²) in [5.74, 6) is -0.213. The second-order valence-electron chi connectivity index (χ2n) is 3.15. The molecule has 0 saturated carbocycles. The van der Waals surface area contributed by atoms with Gasteiger partial charge in [-0.3, -0.25) is 4.79 Å². The molecule has 0 bridgehead atoms. The third-order valence-electron chi connectivity index (χ3n) is 1.94. The zero-order valence-corrected chi connectivity index (χ0v) is 7.99. The number of hydrogen-bond donors (Lipinski definition) is 1. The Kier molecular flexibility index (Phi) is 3.40. The van der Waals surface area contributed by atoms with Crippen LogP contribution in [-0.4, -0.2) is 17.2 Å². The number of aryl methyl sites for hydroxylation is 1. The summed E-state index contributed by atoms with van der Waals surface area (Å²) >= 11 is 0. The van der Waals surface area contributed by atoms with E-state index in [1.165, 1.54) is 6.07 Å². The second-order valence-corrected chi connectivity index (χ2v) is 3.15. The number of rotatable bonds is 4. The summed E-state index contributed by atoms with van der Waals surface area (Å²) in [4.78, 5) is 21.5. The molecule has 74 valence electrons. The number of ketones is 1. The first-order valence-corrected chi connectivity index (χ1v) is 4.41. The van der Waals surface area contributed by atoms with E-state index in [-0.39, 0.29) is 29.9 Å². The maximum absolute atomic E-state index is 11.4. The molecule has 0 heterocycles. The number of phenols is 1. The Hall–Kier alpha value is -1.64. The third-order valence-corrected chi connectivity index (χ3v) is 1.94. The van der Waals surface area contributed by atoms with Crippen LogP contribution in [-0.2, 0) is 4.79 Å². The van der Waals surface area contributed by atoms with Gasteiger partial charge in [0.1, 0.15) is 12.0 Å². The Morgan fingerprint density at radius 2 is 2.21 bits per heavy atom. The average molecular weight is 192 g/mol. The summed E-state index contributed by atoms with van der Waals surface area (Å²) in [6.45, 7) is 1.83. The quantitative estimate of drug-likeness (QED) is 0.585. The van der Waals surface area contributed by atoms with Crippen LogP contribution in [0.15, 0.2) is 18.2 Å². The van der Waals surface area contributed by atoms with Crippen LogP contribution < -0.4 is 0 Å². The largest absolute Gasteiger partial charge is 0.507 e. The van der Waals surface area contributed by atoms with Gasteiger partial charge in [0.2, 0.25) is 0 Å². The van der Waals surface area contributed by atoms with Gasteiger partial charge in [-0.2, -0.15) is 0 Å². The molecule has 0 unspecified atom stereocenters.